The molecule has 1 atom stereocenters. The van der Waals surface area contributed by atoms with Crippen LogP contribution in [0.1, 0.15) is 20.7 Å². The molecule has 0 saturated carbocycles. The summed E-state index contributed by atoms with van der Waals surface area (Å²) in [5, 5.41) is 10.8. The number of carbonyl (C=O) groups excluding carboxylic acids is 3. The summed E-state index contributed by atoms with van der Waals surface area (Å²) in [6, 6.07) is 6.32. The second kappa shape index (κ2) is 4.38. The van der Waals surface area contributed by atoms with Gasteiger partial charge in [-0.2, -0.15) is 0 Å². The van der Waals surface area contributed by atoms with E-state index in [1.165, 1.54) is 6.07 Å². The second-order valence-corrected chi connectivity index (χ2v) is 5.20. The van der Waals surface area contributed by atoms with Crippen LogP contribution < -0.4 is 0 Å². The van der Waals surface area contributed by atoms with E-state index in [0.717, 1.165) is 0 Å². The molecule has 0 radical (unpaired) electrons. The van der Waals surface area contributed by atoms with Gasteiger partial charge in [-0.1, -0.05) is 35.3 Å². The van der Waals surface area contributed by atoms with Gasteiger partial charge in [0.25, 0.3) is 0 Å². The molecule has 0 bridgehead atoms. The minimum absolute atomic E-state index is 0.0204. The molecule has 100 valence electrons. The molecule has 0 aromatic heterocycles. The number of ketones is 3. The van der Waals surface area contributed by atoms with Crippen molar-refractivity contribution >= 4 is 51.3 Å². The topological polar surface area (TPSA) is 71.4 Å². The Labute approximate surface area is 122 Å². The van der Waals surface area contributed by atoms with Crippen molar-refractivity contribution in [3.05, 3.63) is 45.4 Å². The normalized spacial score (nSPS) is 18.6. The van der Waals surface area contributed by atoms with Crippen LogP contribution in [0.5, 0.6) is 0 Å². The number of hydrogen-bond acceptors (Lipinski definition) is 4. The molecule has 1 unspecified atom stereocenters. The van der Waals surface area contributed by atoms with Crippen molar-refractivity contribution < 1.29 is 19.5 Å². The van der Waals surface area contributed by atoms with E-state index in [1.54, 1.807) is 18.2 Å². The fourth-order valence-electron chi connectivity index (χ4n) is 2.30. The molecule has 1 aliphatic rings. The first-order valence-electron chi connectivity index (χ1n) is 5.65. The number of carbonyl (C=O) groups is 3. The highest BCUT2D eigenvalue weighted by atomic mass is 35.5. The first-order valence-corrected chi connectivity index (χ1v) is 6.40. The molecule has 4 nitrogen and oxygen atoms in total. The van der Waals surface area contributed by atoms with Crippen molar-refractivity contribution in [3.63, 3.8) is 0 Å². The van der Waals surface area contributed by atoms with Crippen molar-refractivity contribution in [2.24, 2.45) is 0 Å². The van der Waals surface area contributed by atoms with Gasteiger partial charge in [-0.15, -0.1) is 0 Å². The van der Waals surface area contributed by atoms with E-state index >= 15 is 0 Å². The number of halogens is 2. The molecular weight excluding hydrogens is 303 g/mol. The van der Waals surface area contributed by atoms with Gasteiger partial charge in [-0.25, -0.2) is 0 Å². The zero-order valence-corrected chi connectivity index (χ0v) is 11.3. The summed E-state index contributed by atoms with van der Waals surface area (Å²) in [7, 11) is 0. The van der Waals surface area contributed by atoms with Gasteiger partial charge in [0.15, 0.2) is 6.10 Å². The molecule has 2 aromatic rings. The second-order valence-electron chi connectivity index (χ2n) is 4.41. The predicted molar refractivity (Wildman–Crippen MR) is 73.6 cm³/mol. The maximum atomic E-state index is 12.0. The lowest BCUT2D eigenvalue weighted by Gasteiger charge is -2.20. The molecule has 0 aliphatic heterocycles. The van der Waals surface area contributed by atoms with Crippen molar-refractivity contribution in [3.8, 4) is 0 Å². The van der Waals surface area contributed by atoms with Gasteiger partial charge in [0.05, 0.1) is 10.6 Å². The number of fused-ring (bicyclic) bond motifs is 2. The van der Waals surface area contributed by atoms with Crippen molar-refractivity contribution in [2.45, 2.75) is 6.10 Å². The third kappa shape index (κ3) is 1.62. The Balaban J connectivity index is 2.48. The number of hydrogen-bond donors (Lipinski definition) is 1. The van der Waals surface area contributed by atoms with Crippen LogP contribution >= 0.6 is 23.2 Å². The summed E-state index contributed by atoms with van der Waals surface area (Å²) in [6.07, 6.45) is -1.99. The molecule has 0 spiro atoms. The highest BCUT2D eigenvalue weighted by molar-refractivity contribution is 6.56. The average Bonchev–Trinajstić information content (AvgIpc) is 2.42. The van der Waals surface area contributed by atoms with E-state index in [1.807, 2.05) is 0 Å². The zero-order valence-electron chi connectivity index (χ0n) is 9.81. The van der Waals surface area contributed by atoms with Crippen LogP contribution in [0.2, 0.25) is 10.0 Å². The molecule has 1 N–H and O–H groups in total. The summed E-state index contributed by atoms with van der Waals surface area (Å²) in [4.78, 5) is 35.4. The molecular formula is C14H6Cl2O4. The predicted octanol–water partition coefficient (Wildman–Crippen LogP) is 2.46. The molecule has 3 rings (SSSR count). The van der Waals surface area contributed by atoms with E-state index in [-0.39, 0.29) is 16.1 Å². The van der Waals surface area contributed by atoms with E-state index < -0.39 is 23.5 Å². The number of rotatable bonds is 0. The van der Waals surface area contributed by atoms with Crippen LogP contribution in [0.25, 0.3) is 10.8 Å². The van der Waals surface area contributed by atoms with Crippen molar-refractivity contribution in [1.29, 1.82) is 0 Å². The zero-order chi connectivity index (χ0) is 14.6. The fourth-order valence-corrected chi connectivity index (χ4v) is 3.03. The number of aliphatic hydroxyl groups is 1. The van der Waals surface area contributed by atoms with Crippen LogP contribution in [-0.2, 0) is 4.79 Å². The van der Waals surface area contributed by atoms with Gasteiger partial charge < -0.3 is 5.11 Å². The van der Waals surface area contributed by atoms with Crippen LogP contribution in [0.15, 0.2) is 24.3 Å². The highest BCUT2D eigenvalue weighted by Gasteiger charge is 2.41. The molecule has 0 saturated heterocycles. The summed E-state index contributed by atoms with van der Waals surface area (Å²) < 4.78 is 0. The molecule has 2 aromatic carbocycles. The Hall–Kier alpha value is -1.75. The standard InChI is InChI=1S/C14H6Cl2O4/c15-7-3-1-2-5-4-6-9(10(16)8(5)7)12(18)14(20)13(19)11(6)17/h1-4,14,20H. The maximum Gasteiger partial charge on any atom is 0.239 e. The molecule has 0 heterocycles. The van der Waals surface area contributed by atoms with E-state index in [4.69, 9.17) is 23.2 Å². The van der Waals surface area contributed by atoms with Gasteiger partial charge in [-0.05, 0) is 17.5 Å². The molecule has 0 fully saturated rings. The van der Waals surface area contributed by atoms with Gasteiger partial charge in [-0.3, -0.25) is 14.4 Å². The van der Waals surface area contributed by atoms with Gasteiger partial charge in [0.2, 0.25) is 17.3 Å². The van der Waals surface area contributed by atoms with E-state index in [9.17, 15) is 19.5 Å². The highest BCUT2D eigenvalue weighted by Crippen LogP contribution is 2.37. The Morgan fingerprint density at radius 2 is 1.75 bits per heavy atom. The largest absolute Gasteiger partial charge is 0.377 e. The lowest BCUT2D eigenvalue weighted by Crippen LogP contribution is -2.41. The Morgan fingerprint density at radius 1 is 1.05 bits per heavy atom. The smallest absolute Gasteiger partial charge is 0.239 e. The van der Waals surface area contributed by atoms with Crippen molar-refractivity contribution in [1.82, 2.24) is 0 Å². The quantitative estimate of drug-likeness (QED) is 0.599. The van der Waals surface area contributed by atoms with Crippen LogP contribution in [0.3, 0.4) is 0 Å². The molecule has 20 heavy (non-hydrogen) atoms. The van der Waals surface area contributed by atoms with Crippen LogP contribution in [0, 0.1) is 0 Å². The third-order valence-corrected chi connectivity index (χ3v) is 3.96. The first kappa shape index (κ1) is 13.2. The number of benzene rings is 2. The lowest BCUT2D eigenvalue weighted by atomic mass is 9.85. The Kier molecular flexibility index (Phi) is 2.90. The first-order chi connectivity index (χ1) is 9.43. The van der Waals surface area contributed by atoms with E-state index in [0.29, 0.717) is 15.8 Å². The maximum absolute atomic E-state index is 12.0. The SMILES string of the molecule is O=C1C(=O)C(O)C(=O)c2c1cc1cccc(Cl)c1c2Cl. The summed E-state index contributed by atoms with van der Waals surface area (Å²) >= 11 is 12.2. The van der Waals surface area contributed by atoms with Crippen molar-refractivity contribution in [2.75, 3.05) is 0 Å². The minimum atomic E-state index is -1.99. The summed E-state index contributed by atoms with van der Waals surface area (Å²) in [5.41, 5.74) is -0.241. The van der Waals surface area contributed by atoms with Crippen LogP contribution in [0.4, 0.5) is 0 Å². The number of aliphatic hydroxyl groups excluding tert-OH is 1. The monoisotopic (exact) mass is 308 g/mol. The number of Topliss-reactive ketones (excluding diaryl/α,β-unsaturated/α-hetero) is 3. The lowest BCUT2D eigenvalue weighted by molar-refractivity contribution is -0.120. The third-order valence-electron chi connectivity index (χ3n) is 3.27. The molecule has 1 aliphatic carbocycles. The fraction of sp³-hybridized carbons (Fsp3) is 0.0714. The van der Waals surface area contributed by atoms with Crippen LogP contribution in [-0.4, -0.2) is 28.6 Å². The van der Waals surface area contributed by atoms with Gasteiger partial charge in [0, 0.05) is 16.0 Å². The summed E-state index contributed by atoms with van der Waals surface area (Å²) in [6.45, 7) is 0. The molecule has 0 amide bonds. The average molecular weight is 309 g/mol. The minimum Gasteiger partial charge on any atom is -0.377 e. The Morgan fingerprint density at radius 3 is 2.45 bits per heavy atom. The summed E-state index contributed by atoms with van der Waals surface area (Å²) in [5.74, 6) is -2.94. The Bertz CT molecular complexity index is 810. The van der Waals surface area contributed by atoms with Gasteiger partial charge >= 0.3 is 0 Å². The van der Waals surface area contributed by atoms with Gasteiger partial charge in [0.1, 0.15) is 0 Å². The van der Waals surface area contributed by atoms with E-state index in [2.05, 4.69) is 0 Å². The molecule has 6 heteroatoms.